The zero-order chi connectivity index (χ0) is 14.6. The largest absolute Gasteiger partial charge is 0.494 e. The van der Waals surface area contributed by atoms with Gasteiger partial charge in [0.15, 0.2) is 0 Å². The summed E-state index contributed by atoms with van der Waals surface area (Å²) in [5, 5.41) is 0. The van der Waals surface area contributed by atoms with E-state index in [1.165, 1.54) is 0 Å². The van der Waals surface area contributed by atoms with E-state index in [2.05, 4.69) is 0 Å². The molecule has 0 aromatic heterocycles. The quantitative estimate of drug-likeness (QED) is 0.909. The SMILES string of the molecule is CCOc1ccc(CN(C)C(=O)C2(N)CCCC2)cc1.Cl. The van der Waals surface area contributed by atoms with Crippen LogP contribution in [0.25, 0.3) is 0 Å². The molecule has 0 radical (unpaired) electrons. The van der Waals surface area contributed by atoms with E-state index in [9.17, 15) is 4.79 Å². The lowest BCUT2D eigenvalue weighted by atomic mass is 9.97. The van der Waals surface area contributed by atoms with E-state index in [0.717, 1.165) is 37.0 Å². The molecule has 118 valence electrons. The lowest BCUT2D eigenvalue weighted by Crippen LogP contribution is -2.52. The number of carbonyl (C=O) groups is 1. The van der Waals surface area contributed by atoms with Gasteiger partial charge in [-0.15, -0.1) is 12.4 Å². The molecule has 1 fully saturated rings. The van der Waals surface area contributed by atoms with Crippen molar-refractivity contribution in [3.63, 3.8) is 0 Å². The average Bonchev–Trinajstić information content (AvgIpc) is 2.88. The van der Waals surface area contributed by atoms with Gasteiger partial charge in [0.2, 0.25) is 5.91 Å². The van der Waals surface area contributed by atoms with Gasteiger partial charge in [-0.25, -0.2) is 0 Å². The Labute approximate surface area is 133 Å². The minimum atomic E-state index is -0.639. The topological polar surface area (TPSA) is 55.6 Å². The van der Waals surface area contributed by atoms with E-state index in [0.29, 0.717) is 13.2 Å². The van der Waals surface area contributed by atoms with Gasteiger partial charge in [-0.1, -0.05) is 25.0 Å². The maximum absolute atomic E-state index is 12.4. The first-order valence-corrected chi connectivity index (χ1v) is 7.31. The molecule has 1 aromatic carbocycles. The lowest BCUT2D eigenvalue weighted by Gasteiger charge is -2.28. The minimum absolute atomic E-state index is 0. The Balaban J connectivity index is 0.00000220. The van der Waals surface area contributed by atoms with E-state index in [1.54, 1.807) is 4.90 Å². The van der Waals surface area contributed by atoms with Crippen molar-refractivity contribution in [1.29, 1.82) is 0 Å². The average molecular weight is 313 g/mol. The van der Waals surface area contributed by atoms with Gasteiger partial charge >= 0.3 is 0 Å². The Morgan fingerprint density at radius 3 is 2.38 bits per heavy atom. The van der Waals surface area contributed by atoms with Crippen molar-refractivity contribution >= 4 is 18.3 Å². The molecule has 0 aliphatic heterocycles. The second kappa shape index (κ2) is 7.66. The normalized spacial score (nSPS) is 16.1. The third kappa shape index (κ3) is 4.35. The van der Waals surface area contributed by atoms with Crippen LogP contribution >= 0.6 is 12.4 Å². The van der Waals surface area contributed by atoms with Crippen molar-refractivity contribution in [2.24, 2.45) is 5.73 Å². The molecule has 21 heavy (non-hydrogen) atoms. The summed E-state index contributed by atoms with van der Waals surface area (Å²) in [5.41, 5.74) is 6.66. The van der Waals surface area contributed by atoms with Crippen molar-refractivity contribution in [3.05, 3.63) is 29.8 Å². The fourth-order valence-corrected chi connectivity index (χ4v) is 2.80. The molecule has 1 amide bonds. The Bertz CT molecular complexity index is 456. The maximum atomic E-state index is 12.4. The third-order valence-corrected chi connectivity index (χ3v) is 3.92. The second-order valence-corrected chi connectivity index (χ2v) is 5.60. The van der Waals surface area contributed by atoms with E-state index >= 15 is 0 Å². The Morgan fingerprint density at radius 1 is 1.29 bits per heavy atom. The zero-order valence-electron chi connectivity index (χ0n) is 12.8. The first-order valence-electron chi connectivity index (χ1n) is 7.31. The number of carbonyl (C=O) groups excluding carboxylic acids is 1. The Kier molecular flexibility index (Phi) is 6.49. The van der Waals surface area contributed by atoms with Crippen LogP contribution in [0.2, 0.25) is 0 Å². The van der Waals surface area contributed by atoms with E-state index < -0.39 is 5.54 Å². The summed E-state index contributed by atoms with van der Waals surface area (Å²) in [5.74, 6) is 0.917. The van der Waals surface area contributed by atoms with Gasteiger partial charge in [0.1, 0.15) is 5.75 Å². The molecule has 1 saturated carbocycles. The molecular formula is C16H25ClN2O2. The van der Waals surface area contributed by atoms with Crippen LogP contribution in [0.15, 0.2) is 24.3 Å². The van der Waals surface area contributed by atoms with Crippen LogP contribution in [0.5, 0.6) is 5.75 Å². The van der Waals surface area contributed by atoms with Gasteiger partial charge < -0.3 is 15.4 Å². The number of amides is 1. The summed E-state index contributed by atoms with van der Waals surface area (Å²) in [6.45, 7) is 3.21. The number of hydrogen-bond donors (Lipinski definition) is 1. The molecular weight excluding hydrogens is 288 g/mol. The van der Waals surface area contributed by atoms with Crippen LogP contribution in [-0.4, -0.2) is 30.0 Å². The zero-order valence-corrected chi connectivity index (χ0v) is 13.6. The fourth-order valence-electron chi connectivity index (χ4n) is 2.80. The molecule has 1 aliphatic carbocycles. The summed E-state index contributed by atoms with van der Waals surface area (Å²) in [7, 11) is 1.83. The van der Waals surface area contributed by atoms with Crippen molar-refractivity contribution < 1.29 is 9.53 Å². The van der Waals surface area contributed by atoms with Crippen LogP contribution in [-0.2, 0) is 11.3 Å². The van der Waals surface area contributed by atoms with Gasteiger partial charge in [-0.05, 0) is 37.5 Å². The van der Waals surface area contributed by atoms with Crippen LogP contribution < -0.4 is 10.5 Å². The molecule has 1 aliphatic rings. The number of hydrogen-bond acceptors (Lipinski definition) is 3. The number of likely N-dealkylation sites (N-methyl/N-ethyl adjacent to an activating group) is 1. The van der Waals surface area contributed by atoms with Crippen LogP contribution in [0.4, 0.5) is 0 Å². The summed E-state index contributed by atoms with van der Waals surface area (Å²) in [4.78, 5) is 14.2. The highest BCUT2D eigenvalue weighted by atomic mass is 35.5. The highest BCUT2D eigenvalue weighted by molar-refractivity contribution is 5.86. The standard InChI is InChI=1S/C16H24N2O2.ClH/c1-3-20-14-8-6-13(7-9-14)12-18(2)15(19)16(17)10-4-5-11-16;/h6-9H,3-5,10-12,17H2,1-2H3;1H. The minimum Gasteiger partial charge on any atom is -0.494 e. The molecule has 0 spiro atoms. The molecule has 0 atom stereocenters. The highest BCUT2D eigenvalue weighted by Gasteiger charge is 2.38. The molecule has 5 heteroatoms. The van der Waals surface area contributed by atoms with Gasteiger partial charge in [-0.2, -0.15) is 0 Å². The number of ether oxygens (including phenoxy) is 1. The lowest BCUT2D eigenvalue weighted by molar-refractivity contribution is -0.136. The van der Waals surface area contributed by atoms with Crippen LogP contribution in [0, 0.1) is 0 Å². The third-order valence-electron chi connectivity index (χ3n) is 3.92. The Morgan fingerprint density at radius 2 is 1.86 bits per heavy atom. The van der Waals surface area contributed by atoms with Crippen LogP contribution in [0.3, 0.4) is 0 Å². The van der Waals surface area contributed by atoms with E-state index in [-0.39, 0.29) is 18.3 Å². The van der Waals surface area contributed by atoms with Crippen molar-refractivity contribution in [1.82, 2.24) is 4.90 Å². The van der Waals surface area contributed by atoms with E-state index in [4.69, 9.17) is 10.5 Å². The molecule has 0 saturated heterocycles. The molecule has 4 nitrogen and oxygen atoms in total. The molecule has 0 bridgehead atoms. The molecule has 2 rings (SSSR count). The van der Waals surface area contributed by atoms with Gasteiger partial charge in [0.25, 0.3) is 0 Å². The van der Waals surface area contributed by atoms with Gasteiger partial charge in [-0.3, -0.25) is 4.79 Å². The maximum Gasteiger partial charge on any atom is 0.242 e. The highest BCUT2D eigenvalue weighted by Crippen LogP contribution is 2.29. The number of rotatable bonds is 5. The molecule has 2 N–H and O–H groups in total. The number of nitrogens with two attached hydrogens (primary N) is 1. The predicted molar refractivity (Wildman–Crippen MR) is 86.7 cm³/mol. The molecule has 1 aromatic rings. The fraction of sp³-hybridized carbons (Fsp3) is 0.562. The predicted octanol–water partition coefficient (Wildman–Crippen LogP) is 2.74. The summed E-state index contributed by atoms with van der Waals surface area (Å²) < 4.78 is 5.41. The number of benzene rings is 1. The van der Waals surface area contributed by atoms with Crippen molar-refractivity contribution in [2.45, 2.75) is 44.7 Å². The first-order chi connectivity index (χ1) is 9.55. The monoisotopic (exact) mass is 312 g/mol. The summed E-state index contributed by atoms with van der Waals surface area (Å²) >= 11 is 0. The van der Waals surface area contributed by atoms with Crippen LogP contribution in [0.1, 0.15) is 38.2 Å². The first kappa shape index (κ1) is 17.8. The summed E-state index contributed by atoms with van der Waals surface area (Å²) in [6.07, 6.45) is 3.72. The smallest absolute Gasteiger partial charge is 0.242 e. The summed E-state index contributed by atoms with van der Waals surface area (Å²) in [6, 6.07) is 7.86. The second-order valence-electron chi connectivity index (χ2n) is 5.60. The number of halogens is 1. The van der Waals surface area contributed by atoms with Gasteiger partial charge in [0, 0.05) is 13.6 Å². The van der Waals surface area contributed by atoms with Gasteiger partial charge in [0.05, 0.1) is 12.1 Å². The van der Waals surface area contributed by atoms with E-state index in [1.807, 2.05) is 38.2 Å². The van der Waals surface area contributed by atoms with Crippen molar-refractivity contribution in [2.75, 3.05) is 13.7 Å². The van der Waals surface area contributed by atoms with Crippen molar-refractivity contribution in [3.8, 4) is 5.75 Å². The molecule has 0 unspecified atom stereocenters. The molecule has 0 heterocycles. The number of nitrogens with zero attached hydrogens (tertiary/aromatic N) is 1. The Hall–Kier alpha value is -1.26.